The predicted octanol–water partition coefficient (Wildman–Crippen LogP) is 3.91. The normalized spacial score (nSPS) is 14.1. The van der Waals surface area contributed by atoms with Crippen LogP contribution in [0.4, 0.5) is 8.78 Å². The molecule has 1 heterocycles. The summed E-state index contributed by atoms with van der Waals surface area (Å²) in [5.41, 5.74) is 2.09. The van der Waals surface area contributed by atoms with Gasteiger partial charge in [-0.3, -0.25) is 9.89 Å². The van der Waals surface area contributed by atoms with Crippen molar-refractivity contribution in [3.05, 3.63) is 87.3 Å². The van der Waals surface area contributed by atoms with Crippen molar-refractivity contribution in [2.75, 3.05) is 0 Å². The quantitative estimate of drug-likeness (QED) is 0.775. The average Bonchev–Trinajstić information content (AvgIpc) is 3.38. The Morgan fingerprint density at radius 2 is 1.83 bits per heavy atom. The van der Waals surface area contributed by atoms with E-state index in [0.29, 0.717) is 17.9 Å². The van der Waals surface area contributed by atoms with Gasteiger partial charge in [0.05, 0.1) is 0 Å². The van der Waals surface area contributed by atoms with Gasteiger partial charge in [-0.15, -0.1) is 0 Å². The number of nitrogens with zero attached hydrogens (tertiary/aromatic N) is 1. The SMILES string of the molecule is O=c1c(Cc2ccccc2)c(C2CC2)[nH]n1-c1cc(F)ccc1F. The van der Waals surface area contributed by atoms with Crippen LogP contribution in [-0.4, -0.2) is 9.78 Å². The largest absolute Gasteiger partial charge is 0.294 e. The van der Waals surface area contributed by atoms with Crippen molar-refractivity contribution < 1.29 is 8.78 Å². The molecule has 1 N–H and O–H groups in total. The van der Waals surface area contributed by atoms with Crippen LogP contribution in [0.2, 0.25) is 0 Å². The number of aromatic nitrogens is 2. The minimum absolute atomic E-state index is 0.0822. The second-order valence-corrected chi connectivity index (χ2v) is 6.18. The van der Waals surface area contributed by atoms with Gasteiger partial charge in [0, 0.05) is 29.7 Å². The topological polar surface area (TPSA) is 37.8 Å². The second-order valence-electron chi connectivity index (χ2n) is 6.18. The molecule has 0 amide bonds. The first kappa shape index (κ1) is 14.9. The van der Waals surface area contributed by atoms with Crippen LogP contribution in [0.15, 0.2) is 53.3 Å². The van der Waals surface area contributed by atoms with Crippen molar-refractivity contribution in [2.45, 2.75) is 25.2 Å². The highest BCUT2D eigenvalue weighted by Gasteiger charge is 2.30. The van der Waals surface area contributed by atoms with E-state index in [1.165, 1.54) is 0 Å². The number of halogens is 2. The van der Waals surface area contributed by atoms with Gasteiger partial charge < -0.3 is 0 Å². The third kappa shape index (κ3) is 2.66. The number of hydrogen-bond acceptors (Lipinski definition) is 1. The molecule has 0 bridgehead atoms. The van der Waals surface area contributed by atoms with Crippen LogP contribution in [0.5, 0.6) is 0 Å². The average molecular weight is 326 g/mol. The van der Waals surface area contributed by atoms with E-state index in [9.17, 15) is 13.6 Å². The molecule has 5 heteroatoms. The van der Waals surface area contributed by atoms with Crippen LogP contribution in [0.3, 0.4) is 0 Å². The molecule has 1 aliphatic carbocycles. The zero-order chi connectivity index (χ0) is 16.7. The summed E-state index contributed by atoms with van der Waals surface area (Å²) in [7, 11) is 0. The molecule has 3 aromatic rings. The predicted molar refractivity (Wildman–Crippen MR) is 87.5 cm³/mol. The van der Waals surface area contributed by atoms with Crippen LogP contribution < -0.4 is 5.56 Å². The third-order valence-corrected chi connectivity index (χ3v) is 4.38. The molecule has 1 aliphatic rings. The van der Waals surface area contributed by atoms with E-state index >= 15 is 0 Å². The zero-order valence-corrected chi connectivity index (χ0v) is 12.9. The number of benzene rings is 2. The monoisotopic (exact) mass is 326 g/mol. The highest BCUT2D eigenvalue weighted by Crippen LogP contribution is 2.40. The molecular formula is C19H16F2N2O. The van der Waals surface area contributed by atoms with E-state index in [1.54, 1.807) is 0 Å². The fourth-order valence-corrected chi connectivity index (χ4v) is 3.00. The van der Waals surface area contributed by atoms with Gasteiger partial charge in [0.2, 0.25) is 0 Å². The Balaban J connectivity index is 1.84. The summed E-state index contributed by atoms with van der Waals surface area (Å²) in [6.07, 6.45) is 2.49. The first-order chi connectivity index (χ1) is 11.6. The van der Waals surface area contributed by atoms with Gasteiger partial charge in [-0.2, -0.15) is 0 Å². The molecule has 0 atom stereocenters. The zero-order valence-electron chi connectivity index (χ0n) is 12.9. The maximum absolute atomic E-state index is 14.1. The molecule has 122 valence electrons. The lowest BCUT2D eigenvalue weighted by Crippen LogP contribution is -2.19. The van der Waals surface area contributed by atoms with Crippen molar-refractivity contribution in [1.82, 2.24) is 9.78 Å². The molecule has 2 aromatic carbocycles. The molecular weight excluding hydrogens is 310 g/mol. The molecule has 1 fully saturated rings. The maximum Gasteiger partial charge on any atom is 0.275 e. The Morgan fingerprint density at radius 1 is 1.08 bits per heavy atom. The van der Waals surface area contributed by atoms with Gasteiger partial charge in [-0.05, 0) is 30.5 Å². The standard InChI is InChI=1S/C19H16F2N2O/c20-14-8-9-16(21)17(11-14)23-19(24)15(18(22-23)13-6-7-13)10-12-4-2-1-3-5-12/h1-5,8-9,11,13,22H,6-7,10H2. The molecule has 0 spiro atoms. The summed E-state index contributed by atoms with van der Waals surface area (Å²) in [6, 6.07) is 12.8. The van der Waals surface area contributed by atoms with E-state index in [-0.39, 0.29) is 11.2 Å². The molecule has 4 rings (SSSR count). The molecule has 1 aromatic heterocycles. The summed E-state index contributed by atoms with van der Waals surface area (Å²) >= 11 is 0. The van der Waals surface area contributed by atoms with Gasteiger partial charge in [0.1, 0.15) is 17.3 Å². The minimum atomic E-state index is -0.631. The summed E-state index contributed by atoms with van der Waals surface area (Å²) < 4.78 is 28.7. The Hall–Kier alpha value is -2.69. The Bertz CT molecular complexity index is 940. The van der Waals surface area contributed by atoms with E-state index in [1.807, 2.05) is 30.3 Å². The van der Waals surface area contributed by atoms with Gasteiger partial charge in [0.25, 0.3) is 5.56 Å². The van der Waals surface area contributed by atoms with Crippen LogP contribution in [0.1, 0.15) is 35.6 Å². The number of nitrogens with one attached hydrogen (secondary N) is 1. The van der Waals surface area contributed by atoms with E-state index in [4.69, 9.17) is 0 Å². The molecule has 0 radical (unpaired) electrons. The van der Waals surface area contributed by atoms with Crippen molar-refractivity contribution in [1.29, 1.82) is 0 Å². The third-order valence-electron chi connectivity index (χ3n) is 4.38. The lowest BCUT2D eigenvalue weighted by atomic mass is 10.0. The molecule has 0 saturated heterocycles. The first-order valence-corrected chi connectivity index (χ1v) is 7.96. The summed E-state index contributed by atoms with van der Waals surface area (Å²) in [4.78, 5) is 12.8. The van der Waals surface area contributed by atoms with Crippen molar-refractivity contribution in [2.24, 2.45) is 0 Å². The molecule has 24 heavy (non-hydrogen) atoms. The highest BCUT2D eigenvalue weighted by atomic mass is 19.1. The summed E-state index contributed by atoms with van der Waals surface area (Å²) in [5.74, 6) is -0.909. The van der Waals surface area contributed by atoms with Crippen molar-refractivity contribution in [3.8, 4) is 5.69 Å². The van der Waals surface area contributed by atoms with Crippen LogP contribution >= 0.6 is 0 Å². The number of hydrogen-bond donors (Lipinski definition) is 1. The smallest absolute Gasteiger partial charge is 0.275 e. The summed E-state index contributed by atoms with van der Waals surface area (Å²) in [6.45, 7) is 0. The van der Waals surface area contributed by atoms with Gasteiger partial charge in [0.15, 0.2) is 0 Å². The Morgan fingerprint density at radius 3 is 2.54 bits per heavy atom. The maximum atomic E-state index is 14.1. The highest BCUT2D eigenvalue weighted by molar-refractivity contribution is 5.38. The number of H-pyrrole nitrogens is 1. The molecule has 1 saturated carbocycles. The van der Waals surface area contributed by atoms with Crippen LogP contribution in [-0.2, 0) is 6.42 Å². The minimum Gasteiger partial charge on any atom is -0.294 e. The lowest BCUT2D eigenvalue weighted by molar-refractivity contribution is 0.584. The first-order valence-electron chi connectivity index (χ1n) is 7.96. The summed E-state index contributed by atoms with van der Waals surface area (Å²) in [5, 5.41) is 3.01. The number of aromatic amines is 1. The van der Waals surface area contributed by atoms with E-state index in [2.05, 4.69) is 5.10 Å². The fourth-order valence-electron chi connectivity index (χ4n) is 3.00. The number of rotatable bonds is 4. The molecule has 3 nitrogen and oxygen atoms in total. The van der Waals surface area contributed by atoms with Crippen LogP contribution in [0.25, 0.3) is 5.69 Å². The second kappa shape index (κ2) is 5.74. The van der Waals surface area contributed by atoms with Crippen LogP contribution in [0, 0.1) is 11.6 Å². The van der Waals surface area contributed by atoms with Crippen molar-refractivity contribution >= 4 is 0 Å². The Labute approximate surface area is 137 Å². The van der Waals surface area contributed by atoms with Gasteiger partial charge in [-0.1, -0.05) is 30.3 Å². The Kier molecular flexibility index (Phi) is 3.56. The van der Waals surface area contributed by atoms with E-state index in [0.717, 1.165) is 47.0 Å². The molecule has 0 unspecified atom stereocenters. The van der Waals surface area contributed by atoms with E-state index < -0.39 is 11.6 Å². The van der Waals surface area contributed by atoms with Gasteiger partial charge in [-0.25, -0.2) is 13.5 Å². The molecule has 0 aliphatic heterocycles. The fraction of sp³-hybridized carbons (Fsp3) is 0.211. The lowest BCUT2D eigenvalue weighted by Gasteiger charge is -2.03. The van der Waals surface area contributed by atoms with Gasteiger partial charge >= 0.3 is 0 Å². The van der Waals surface area contributed by atoms with Crippen molar-refractivity contribution in [3.63, 3.8) is 0 Å².